The summed E-state index contributed by atoms with van der Waals surface area (Å²) in [6, 6.07) is 14.5. The van der Waals surface area contributed by atoms with Gasteiger partial charge in [-0.15, -0.1) is 0 Å². The molecule has 3 rings (SSSR count). The van der Waals surface area contributed by atoms with E-state index in [9.17, 15) is 4.79 Å². The first-order valence-corrected chi connectivity index (χ1v) is 8.55. The first kappa shape index (κ1) is 17.2. The van der Waals surface area contributed by atoms with Gasteiger partial charge < -0.3 is 9.47 Å². The summed E-state index contributed by atoms with van der Waals surface area (Å²) < 4.78 is 10.9. The second-order valence-electron chi connectivity index (χ2n) is 5.61. The van der Waals surface area contributed by atoms with Crippen molar-refractivity contribution in [3.63, 3.8) is 0 Å². The fourth-order valence-corrected chi connectivity index (χ4v) is 2.40. The monoisotopic (exact) mass is 355 g/mol. The Bertz CT molecular complexity index is 808. The van der Waals surface area contributed by atoms with Crippen LogP contribution in [0.15, 0.2) is 59.2 Å². The van der Waals surface area contributed by atoms with Crippen molar-refractivity contribution in [3.8, 4) is 5.75 Å². The molecule has 0 saturated carbocycles. The van der Waals surface area contributed by atoms with Crippen LogP contribution in [0.3, 0.4) is 0 Å². The number of benzene rings is 2. The first-order valence-electron chi connectivity index (χ1n) is 8.17. The van der Waals surface area contributed by atoms with Crippen molar-refractivity contribution in [2.75, 3.05) is 6.61 Å². The molecule has 0 aromatic heterocycles. The van der Waals surface area contributed by atoms with Crippen molar-refractivity contribution < 1.29 is 14.3 Å². The minimum Gasteiger partial charge on any atom is -0.494 e. The number of hydrogen-bond acceptors (Lipinski definition) is 4. The minimum absolute atomic E-state index is 0.268. The van der Waals surface area contributed by atoms with Gasteiger partial charge in [0.05, 0.1) is 6.61 Å². The van der Waals surface area contributed by atoms with Crippen molar-refractivity contribution in [3.05, 3.63) is 70.4 Å². The third kappa shape index (κ3) is 4.48. The Labute approximate surface area is 151 Å². The van der Waals surface area contributed by atoms with Crippen molar-refractivity contribution in [1.82, 2.24) is 0 Å². The van der Waals surface area contributed by atoms with Crippen molar-refractivity contribution in [2.45, 2.75) is 19.8 Å². The lowest BCUT2D eigenvalue weighted by Gasteiger charge is -2.05. The molecule has 4 nitrogen and oxygen atoms in total. The fourth-order valence-electron chi connectivity index (χ4n) is 2.28. The van der Waals surface area contributed by atoms with Crippen LogP contribution in [-0.4, -0.2) is 18.5 Å². The number of carbonyl (C=O) groups is 1. The van der Waals surface area contributed by atoms with Gasteiger partial charge in [-0.05, 0) is 54.5 Å². The smallest absolute Gasteiger partial charge is 0.363 e. The molecule has 0 spiro atoms. The van der Waals surface area contributed by atoms with E-state index in [0.29, 0.717) is 17.2 Å². The molecule has 0 radical (unpaired) electrons. The lowest BCUT2D eigenvalue weighted by atomic mass is 10.2. The molecule has 0 aliphatic carbocycles. The zero-order chi connectivity index (χ0) is 17.6. The summed E-state index contributed by atoms with van der Waals surface area (Å²) in [7, 11) is 0. The molecule has 0 bridgehead atoms. The van der Waals surface area contributed by atoms with Gasteiger partial charge in [0.25, 0.3) is 0 Å². The Morgan fingerprint density at radius 3 is 2.52 bits per heavy atom. The molecule has 2 aromatic carbocycles. The van der Waals surface area contributed by atoms with E-state index in [1.165, 1.54) is 0 Å². The summed E-state index contributed by atoms with van der Waals surface area (Å²) in [5.74, 6) is 0.635. The summed E-state index contributed by atoms with van der Waals surface area (Å²) >= 11 is 5.87. The van der Waals surface area contributed by atoms with Crippen LogP contribution in [-0.2, 0) is 9.53 Å². The third-order valence-corrected chi connectivity index (χ3v) is 3.91. The molecule has 25 heavy (non-hydrogen) atoms. The third-order valence-electron chi connectivity index (χ3n) is 3.66. The SMILES string of the molecule is CCCCOc1ccc(/C=C2\N=C(c3ccc(Cl)cc3)OC2=O)cc1. The molecular weight excluding hydrogens is 338 g/mol. The van der Waals surface area contributed by atoms with Gasteiger partial charge in [0.2, 0.25) is 5.90 Å². The fraction of sp³-hybridized carbons (Fsp3) is 0.200. The van der Waals surface area contributed by atoms with Crippen LogP contribution in [0, 0.1) is 0 Å². The maximum absolute atomic E-state index is 12.0. The van der Waals surface area contributed by atoms with E-state index in [1.807, 2.05) is 24.3 Å². The largest absolute Gasteiger partial charge is 0.494 e. The minimum atomic E-state index is -0.465. The summed E-state index contributed by atoms with van der Waals surface area (Å²) in [6.07, 6.45) is 3.82. The standard InChI is InChI=1S/C20H18ClNO3/c1-2-3-12-24-17-10-4-14(5-11-17)13-18-20(23)25-19(22-18)15-6-8-16(21)9-7-15/h4-11,13H,2-3,12H2,1H3/b18-13-. The number of rotatable bonds is 6. The molecule has 0 unspecified atom stereocenters. The molecule has 0 amide bonds. The zero-order valence-electron chi connectivity index (χ0n) is 13.9. The Morgan fingerprint density at radius 1 is 1.12 bits per heavy atom. The average Bonchev–Trinajstić information content (AvgIpc) is 2.98. The van der Waals surface area contributed by atoms with E-state index in [1.54, 1.807) is 30.3 Å². The van der Waals surface area contributed by atoms with Gasteiger partial charge in [0, 0.05) is 10.6 Å². The number of hydrogen-bond donors (Lipinski definition) is 0. The molecule has 1 aliphatic rings. The molecule has 0 saturated heterocycles. The summed E-state index contributed by atoms with van der Waals surface area (Å²) in [4.78, 5) is 16.3. The summed E-state index contributed by atoms with van der Waals surface area (Å²) in [5.41, 5.74) is 1.83. The van der Waals surface area contributed by atoms with E-state index < -0.39 is 5.97 Å². The highest BCUT2D eigenvalue weighted by atomic mass is 35.5. The second-order valence-corrected chi connectivity index (χ2v) is 6.05. The zero-order valence-corrected chi connectivity index (χ0v) is 14.6. The summed E-state index contributed by atoms with van der Waals surface area (Å²) in [6.45, 7) is 2.83. The number of unbranched alkanes of at least 4 members (excludes halogenated alkanes) is 1. The molecule has 0 N–H and O–H groups in total. The van der Waals surface area contributed by atoms with Crippen LogP contribution < -0.4 is 4.74 Å². The van der Waals surface area contributed by atoms with Crippen LogP contribution in [0.1, 0.15) is 30.9 Å². The Morgan fingerprint density at radius 2 is 1.84 bits per heavy atom. The topological polar surface area (TPSA) is 47.9 Å². The number of cyclic esters (lactones) is 1. The van der Waals surface area contributed by atoms with Crippen LogP contribution in [0.25, 0.3) is 6.08 Å². The van der Waals surface area contributed by atoms with Gasteiger partial charge in [-0.1, -0.05) is 37.1 Å². The number of ether oxygens (including phenoxy) is 2. The number of esters is 1. The van der Waals surface area contributed by atoms with Gasteiger partial charge in [-0.2, -0.15) is 0 Å². The van der Waals surface area contributed by atoms with E-state index in [-0.39, 0.29) is 11.6 Å². The van der Waals surface area contributed by atoms with Crippen molar-refractivity contribution in [1.29, 1.82) is 0 Å². The van der Waals surface area contributed by atoms with E-state index in [2.05, 4.69) is 11.9 Å². The molecule has 0 atom stereocenters. The van der Waals surface area contributed by atoms with Gasteiger partial charge in [-0.3, -0.25) is 0 Å². The van der Waals surface area contributed by atoms with Gasteiger partial charge in [0.15, 0.2) is 5.70 Å². The van der Waals surface area contributed by atoms with Crippen LogP contribution >= 0.6 is 11.6 Å². The van der Waals surface area contributed by atoms with Crippen molar-refractivity contribution in [2.24, 2.45) is 4.99 Å². The second kappa shape index (κ2) is 7.99. The van der Waals surface area contributed by atoms with E-state index >= 15 is 0 Å². The highest BCUT2D eigenvalue weighted by molar-refractivity contribution is 6.30. The van der Waals surface area contributed by atoms with Gasteiger partial charge in [-0.25, -0.2) is 9.79 Å². The predicted molar refractivity (Wildman–Crippen MR) is 98.9 cm³/mol. The molecule has 1 aliphatic heterocycles. The summed E-state index contributed by atoms with van der Waals surface area (Å²) in [5, 5.41) is 0.616. The normalized spacial score (nSPS) is 15.2. The number of halogens is 1. The van der Waals surface area contributed by atoms with Gasteiger partial charge >= 0.3 is 5.97 Å². The highest BCUT2D eigenvalue weighted by Crippen LogP contribution is 2.21. The van der Waals surface area contributed by atoms with Gasteiger partial charge in [0.1, 0.15) is 5.75 Å². The molecule has 1 heterocycles. The molecular formula is C20H18ClNO3. The number of aliphatic imine (C=N–C) groups is 1. The molecule has 0 fully saturated rings. The lowest BCUT2D eigenvalue weighted by molar-refractivity contribution is -0.129. The number of nitrogens with zero attached hydrogens (tertiary/aromatic N) is 1. The van der Waals surface area contributed by atoms with E-state index in [0.717, 1.165) is 24.2 Å². The van der Waals surface area contributed by atoms with Crippen LogP contribution in [0.5, 0.6) is 5.75 Å². The Balaban J connectivity index is 1.74. The predicted octanol–water partition coefficient (Wildman–Crippen LogP) is 4.86. The molecule has 128 valence electrons. The Kier molecular flexibility index (Phi) is 5.51. The van der Waals surface area contributed by atoms with Crippen molar-refractivity contribution >= 4 is 29.5 Å². The maximum Gasteiger partial charge on any atom is 0.363 e. The first-order chi connectivity index (χ1) is 12.2. The lowest BCUT2D eigenvalue weighted by Crippen LogP contribution is -2.05. The maximum atomic E-state index is 12.0. The van der Waals surface area contributed by atoms with Crippen LogP contribution in [0.4, 0.5) is 0 Å². The quantitative estimate of drug-likeness (QED) is 0.422. The number of carbonyl (C=O) groups excluding carboxylic acids is 1. The molecule has 2 aromatic rings. The molecule has 5 heteroatoms. The van der Waals surface area contributed by atoms with Crippen LogP contribution in [0.2, 0.25) is 5.02 Å². The average molecular weight is 356 g/mol. The Hall–Kier alpha value is -2.59. The van der Waals surface area contributed by atoms with E-state index in [4.69, 9.17) is 21.1 Å². The highest BCUT2D eigenvalue weighted by Gasteiger charge is 2.24.